The molecule has 5 nitrogen and oxygen atoms in total. The molecule has 0 fully saturated rings. The molecule has 142 valence electrons. The van der Waals surface area contributed by atoms with Gasteiger partial charge in [-0.1, -0.05) is 38.5 Å². The van der Waals surface area contributed by atoms with Crippen LogP contribution in [-0.4, -0.2) is 21.8 Å². The van der Waals surface area contributed by atoms with Crippen LogP contribution >= 0.6 is 0 Å². The molecular weight excluding hydrogens is 326 g/mol. The summed E-state index contributed by atoms with van der Waals surface area (Å²) in [6.07, 6.45) is -0.612. The molecule has 2 aromatic rings. The van der Waals surface area contributed by atoms with E-state index in [1.54, 1.807) is 6.92 Å². The maximum absolute atomic E-state index is 12.6. The van der Waals surface area contributed by atoms with Gasteiger partial charge in [-0.3, -0.25) is 4.79 Å². The molecule has 0 saturated heterocycles. The Bertz CT molecular complexity index is 762. The van der Waals surface area contributed by atoms with E-state index in [0.29, 0.717) is 11.6 Å². The summed E-state index contributed by atoms with van der Waals surface area (Å²) in [6, 6.07) is 9.61. The number of anilines is 1. The fourth-order valence-electron chi connectivity index (χ4n) is 2.45. The second kappa shape index (κ2) is 7.14. The summed E-state index contributed by atoms with van der Waals surface area (Å²) in [5.41, 5.74) is 1.75. The Morgan fingerprint density at radius 2 is 1.69 bits per heavy atom. The average Bonchev–Trinajstić information content (AvgIpc) is 2.93. The minimum Gasteiger partial charge on any atom is -0.481 e. The number of aromatic nitrogens is 2. The molecule has 1 aromatic heterocycles. The highest BCUT2D eigenvalue weighted by atomic mass is 16.5. The average molecular weight is 357 g/mol. The van der Waals surface area contributed by atoms with E-state index in [1.165, 1.54) is 0 Å². The number of nitrogens with zero attached hydrogens (tertiary/aromatic N) is 2. The maximum Gasteiger partial charge on any atom is 0.266 e. The highest BCUT2D eigenvalue weighted by molar-refractivity contribution is 5.93. The zero-order chi connectivity index (χ0) is 19.7. The van der Waals surface area contributed by atoms with E-state index < -0.39 is 6.10 Å². The van der Waals surface area contributed by atoms with Crippen molar-refractivity contribution < 1.29 is 9.53 Å². The lowest BCUT2D eigenvalue weighted by Gasteiger charge is -2.23. The van der Waals surface area contributed by atoms with E-state index in [4.69, 9.17) is 9.84 Å². The Hall–Kier alpha value is -2.30. The van der Waals surface area contributed by atoms with Crippen molar-refractivity contribution >= 4 is 11.7 Å². The van der Waals surface area contributed by atoms with Crippen LogP contribution in [0.5, 0.6) is 5.75 Å². The van der Waals surface area contributed by atoms with Crippen molar-refractivity contribution in [1.82, 2.24) is 9.78 Å². The molecule has 0 radical (unpaired) electrons. The number of hydrogen-bond donors (Lipinski definition) is 1. The summed E-state index contributed by atoms with van der Waals surface area (Å²) in [4.78, 5) is 12.6. The van der Waals surface area contributed by atoms with Gasteiger partial charge in [0, 0.05) is 11.5 Å². The number of carbonyl (C=O) groups excluding carboxylic acids is 1. The highest BCUT2D eigenvalue weighted by Crippen LogP contribution is 2.28. The van der Waals surface area contributed by atoms with Gasteiger partial charge in [0.1, 0.15) is 11.6 Å². The van der Waals surface area contributed by atoms with E-state index in [9.17, 15) is 4.79 Å². The second-order valence-corrected chi connectivity index (χ2v) is 8.81. The van der Waals surface area contributed by atoms with Crippen LogP contribution in [-0.2, 0) is 15.7 Å². The van der Waals surface area contributed by atoms with Gasteiger partial charge in [0.2, 0.25) is 0 Å². The summed E-state index contributed by atoms with van der Waals surface area (Å²) in [5, 5.41) is 7.70. The van der Waals surface area contributed by atoms with Crippen molar-refractivity contribution in [3.05, 3.63) is 41.6 Å². The number of aryl methyl sites for hydroxylation is 1. The third-order valence-electron chi connectivity index (χ3n) is 4.07. The monoisotopic (exact) mass is 357 g/mol. The number of ether oxygens (including phenoxy) is 1. The van der Waals surface area contributed by atoms with Crippen molar-refractivity contribution in [3.8, 4) is 5.75 Å². The molecule has 1 unspecified atom stereocenters. The smallest absolute Gasteiger partial charge is 0.266 e. The third kappa shape index (κ3) is 4.87. The van der Waals surface area contributed by atoms with Gasteiger partial charge in [-0.05, 0) is 46.8 Å². The van der Waals surface area contributed by atoms with Gasteiger partial charge in [-0.25, -0.2) is 4.68 Å². The number of rotatable bonds is 4. The van der Waals surface area contributed by atoms with Crippen LogP contribution in [0.3, 0.4) is 0 Å². The molecule has 0 aliphatic rings. The standard InChI is InChI=1S/C21H31N3O2/c1-14-9-11-16(12-10-14)26-15(2)19(25)22-18-13-17(20(3,4)5)23-24(18)21(6,7)8/h9-13,15H,1-8H3,(H,22,25). The summed E-state index contributed by atoms with van der Waals surface area (Å²) < 4.78 is 7.63. The zero-order valence-electron chi connectivity index (χ0n) is 17.2. The van der Waals surface area contributed by atoms with Crippen LogP contribution in [0.4, 0.5) is 5.82 Å². The molecule has 1 heterocycles. The Morgan fingerprint density at radius 1 is 1.12 bits per heavy atom. The van der Waals surface area contributed by atoms with Gasteiger partial charge in [0.15, 0.2) is 6.10 Å². The van der Waals surface area contributed by atoms with Gasteiger partial charge in [0.25, 0.3) is 5.91 Å². The number of nitrogens with one attached hydrogen (secondary N) is 1. The first kappa shape index (κ1) is 20.0. The molecule has 26 heavy (non-hydrogen) atoms. The molecule has 1 amide bonds. The van der Waals surface area contributed by atoms with Crippen molar-refractivity contribution in [2.75, 3.05) is 5.32 Å². The molecule has 0 aliphatic heterocycles. The molecular formula is C21H31N3O2. The summed E-state index contributed by atoms with van der Waals surface area (Å²) >= 11 is 0. The summed E-state index contributed by atoms with van der Waals surface area (Å²) in [5.74, 6) is 1.17. The number of benzene rings is 1. The first-order valence-corrected chi connectivity index (χ1v) is 9.03. The van der Waals surface area contributed by atoms with E-state index in [-0.39, 0.29) is 16.9 Å². The van der Waals surface area contributed by atoms with Crippen LogP contribution in [0, 0.1) is 6.92 Å². The number of hydrogen-bond acceptors (Lipinski definition) is 3. The lowest BCUT2D eigenvalue weighted by molar-refractivity contribution is -0.122. The van der Waals surface area contributed by atoms with E-state index >= 15 is 0 Å². The van der Waals surface area contributed by atoms with Gasteiger partial charge in [0.05, 0.1) is 11.2 Å². The molecule has 0 aliphatic carbocycles. The van der Waals surface area contributed by atoms with Crippen molar-refractivity contribution in [2.45, 2.75) is 72.4 Å². The minimum atomic E-state index is -0.612. The number of carbonyl (C=O) groups is 1. The first-order valence-electron chi connectivity index (χ1n) is 9.03. The molecule has 5 heteroatoms. The predicted octanol–water partition coefficient (Wildman–Crippen LogP) is 4.65. The maximum atomic E-state index is 12.6. The lowest BCUT2D eigenvalue weighted by atomic mass is 9.92. The van der Waals surface area contributed by atoms with Crippen LogP contribution < -0.4 is 10.1 Å². The zero-order valence-corrected chi connectivity index (χ0v) is 17.2. The Morgan fingerprint density at radius 3 is 2.19 bits per heavy atom. The lowest BCUT2D eigenvalue weighted by Crippen LogP contribution is -2.33. The highest BCUT2D eigenvalue weighted by Gasteiger charge is 2.27. The van der Waals surface area contributed by atoms with E-state index in [0.717, 1.165) is 11.3 Å². The SMILES string of the molecule is Cc1ccc(OC(C)C(=O)Nc2cc(C(C)(C)C)nn2C(C)(C)C)cc1. The Labute approximate surface area is 156 Å². The summed E-state index contributed by atoms with van der Waals surface area (Å²) in [7, 11) is 0. The molecule has 1 atom stereocenters. The van der Waals surface area contributed by atoms with Crippen molar-refractivity contribution in [3.63, 3.8) is 0 Å². The van der Waals surface area contributed by atoms with E-state index in [2.05, 4.69) is 46.9 Å². The van der Waals surface area contributed by atoms with Gasteiger partial charge in [-0.2, -0.15) is 5.10 Å². The minimum absolute atomic E-state index is 0.0972. The quantitative estimate of drug-likeness (QED) is 0.866. The summed E-state index contributed by atoms with van der Waals surface area (Å²) in [6.45, 7) is 16.3. The fourth-order valence-corrected chi connectivity index (χ4v) is 2.45. The van der Waals surface area contributed by atoms with E-state index in [1.807, 2.05) is 41.9 Å². The fraction of sp³-hybridized carbons (Fsp3) is 0.524. The van der Waals surface area contributed by atoms with Crippen molar-refractivity contribution in [1.29, 1.82) is 0 Å². The van der Waals surface area contributed by atoms with Crippen LogP contribution in [0.1, 0.15) is 59.7 Å². The largest absolute Gasteiger partial charge is 0.481 e. The van der Waals surface area contributed by atoms with Crippen LogP contribution in [0.15, 0.2) is 30.3 Å². The molecule has 2 rings (SSSR count). The normalized spacial score (nSPS) is 13.4. The molecule has 0 saturated carbocycles. The predicted molar refractivity (Wildman–Crippen MR) is 106 cm³/mol. The van der Waals surface area contributed by atoms with Crippen LogP contribution in [0.25, 0.3) is 0 Å². The molecule has 1 N–H and O–H groups in total. The van der Waals surface area contributed by atoms with Gasteiger partial charge in [-0.15, -0.1) is 0 Å². The number of amides is 1. The third-order valence-corrected chi connectivity index (χ3v) is 4.07. The van der Waals surface area contributed by atoms with Gasteiger partial charge < -0.3 is 10.1 Å². The first-order chi connectivity index (χ1) is 11.9. The Balaban J connectivity index is 2.19. The van der Waals surface area contributed by atoms with Crippen LogP contribution in [0.2, 0.25) is 0 Å². The van der Waals surface area contributed by atoms with Gasteiger partial charge >= 0.3 is 0 Å². The topological polar surface area (TPSA) is 56.1 Å². The second-order valence-electron chi connectivity index (χ2n) is 8.81. The molecule has 1 aromatic carbocycles. The van der Waals surface area contributed by atoms with Crippen molar-refractivity contribution in [2.24, 2.45) is 0 Å². The molecule has 0 spiro atoms. The molecule has 0 bridgehead atoms. The Kier molecular flexibility index (Phi) is 5.49.